The number of nitrogens with one attached hydrogen (secondary N) is 1. The minimum Gasteiger partial charge on any atom is -0.486 e. The van der Waals surface area contributed by atoms with Crippen molar-refractivity contribution in [1.82, 2.24) is 5.32 Å². The third kappa shape index (κ3) is 3.41. The Morgan fingerprint density at radius 1 is 1.21 bits per heavy atom. The van der Waals surface area contributed by atoms with Crippen LogP contribution >= 0.6 is 0 Å². The summed E-state index contributed by atoms with van der Waals surface area (Å²) in [6.07, 6.45) is 5.59. The van der Waals surface area contributed by atoms with Gasteiger partial charge in [0.1, 0.15) is 13.2 Å². The Hall–Kier alpha value is -1.22. The standard InChI is InChI=1S/C16H23NO2/c1-12(17-8-2-3-13-4-5-13)14-6-7-15-16(11-14)19-10-9-18-15/h6-7,11-13,17H,2-5,8-10H2,1H3. The Balaban J connectivity index is 1.51. The molecule has 1 aliphatic heterocycles. The molecule has 1 atom stereocenters. The van der Waals surface area contributed by atoms with Crippen molar-refractivity contribution >= 4 is 0 Å². The fraction of sp³-hybridized carbons (Fsp3) is 0.625. The fourth-order valence-corrected chi connectivity index (χ4v) is 2.56. The molecule has 1 aliphatic carbocycles. The molecule has 3 nitrogen and oxygen atoms in total. The van der Waals surface area contributed by atoms with Crippen molar-refractivity contribution in [3.05, 3.63) is 23.8 Å². The molecule has 1 N–H and O–H groups in total. The molecule has 19 heavy (non-hydrogen) atoms. The first-order chi connectivity index (χ1) is 9.33. The van der Waals surface area contributed by atoms with Crippen LogP contribution in [0.15, 0.2) is 18.2 Å². The molecule has 1 aromatic carbocycles. The fourth-order valence-electron chi connectivity index (χ4n) is 2.56. The van der Waals surface area contributed by atoms with Crippen LogP contribution in [-0.2, 0) is 0 Å². The molecule has 0 amide bonds. The number of benzene rings is 1. The monoisotopic (exact) mass is 261 g/mol. The van der Waals surface area contributed by atoms with Crippen molar-refractivity contribution in [3.63, 3.8) is 0 Å². The topological polar surface area (TPSA) is 30.5 Å². The first-order valence-corrected chi connectivity index (χ1v) is 7.46. The van der Waals surface area contributed by atoms with Gasteiger partial charge in [0.05, 0.1) is 0 Å². The molecule has 0 bridgehead atoms. The van der Waals surface area contributed by atoms with Gasteiger partial charge < -0.3 is 14.8 Å². The molecule has 2 aliphatic rings. The molecule has 3 heteroatoms. The summed E-state index contributed by atoms with van der Waals surface area (Å²) in [6, 6.07) is 6.63. The molecule has 1 aromatic rings. The highest BCUT2D eigenvalue weighted by Crippen LogP contribution is 2.34. The predicted octanol–water partition coefficient (Wildman–Crippen LogP) is 3.30. The minimum atomic E-state index is 0.370. The lowest BCUT2D eigenvalue weighted by Crippen LogP contribution is -2.21. The summed E-state index contributed by atoms with van der Waals surface area (Å²) in [6.45, 7) is 4.62. The van der Waals surface area contributed by atoms with Gasteiger partial charge in [0.2, 0.25) is 0 Å². The number of hydrogen-bond acceptors (Lipinski definition) is 3. The molecular formula is C16H23NO2. The number of fused-ring (bicyclic) bond motifs is 1. The minimum absolute atomic E-state index is 0.370. The van der Waals surface area contributed by atoms with Gasteiger partial charge >= 0.3 is 0 Å². The third-order valence-corrected chi connectivity index (χ3v) is 4.00. The zero-order valence-corrected chi connectivity index (χ0v) is 11.7. The summed E-state index contributed by atoms with van der Waals surface area (Å²) in [5.74, 6) is 2.79. The first kappa shape index (κ1) is 12.8. The van der Waals surface area contributed by atoms with E-state index in [9.17, 15) is 0 Å². The number of rotatable bonds is 6. The van der Waals surface area contributed by atoms with Gasteiger partial charge in [0.25, 0.3) is 0 Å². The van der Waals surface area contributed by atoms with Crippen LogP contribution in [0.2, 0.25) is 0 Å². The normalized spacial score (nSPS) is 19.2. The molecule has 104 valence electrons. The Morgan fingerprint density at radius 2 is 2.00 bits per heavy atom. The van der Waals surface area contributed by atoms with Crippen LogP contribution in [0.1, 0.15) is 44.2 Å². The second kappa shape index (κ2) is 5.83. The highest BCUT2D eigenvalue weighted by atomic mass is 16.6. The van der Waals surface area contributed by atoms with Crippen LogP contribution in [0.3, 0.4) is 0 Å². The maximum absolute atomic E-state index is 5.63. The van der Waals surface area contributed by atoms with E-state index in [-0.39, 0.29) is 0 Å². The van der Waals surface area contributed by atoms with Gasteiger partial charge in [-0.1, -0.05) is 18.9 Å². The Bertz CT molecular complexity index is 429. The van der Waals surface area contributed by atoms with Crippen LogP contribution in [0.5, 0.6) is 11.5 Å². The number of ether oxygens (including phenoxy) is 2. The van der Waals surface area contributed by atoms with Crippen LogP contribution in [0.25, 0.3) is 0 Å². The smallest absolute Gasteiger partial charge is 0.161 e. The summed E-state index contributed by atoms with van der Waals surface area (Å²) >= 11 is 0. The van der Waals surface area contributed by atoms with E-state index in [2.05, 4.69) is 24.4 Å². The molecule has 1 heterocycles. The van der Waals surface area contributed by atoms with Crippen LogP contribution in [0, 0.1) is 5.92 Å². The Labute approximate surface area is 115 Å². The number of hydrogen-bond donors (Lipinski definition) is 1. The summed E-state index contributed by atoms with van der Waals surface area (Å²) < 4.78 is 11.2. The molecule has 0 spiro atoms. The largest absolute Gasteiger partial charge is 0.486 e. The van der Waals surface area contributed by atoms with Gasteiger partial charge in [0.15, 0.2) is 11.5 Å². The van der Waals surface area contributed by atoms with E-state index in [1.165, 1.54) is 31.2 Å². The van der Waals surface area contributed by atoms with Crippen LogP contribution in [0.4, 0.5) is 0 Å². The van der Waals surface area contributed by atoms with Gasteiger partial charge in [-0.25, -0.2) is 0 Å². The van der Waals surface area contributed by atoms with E-state index >= 15 is 0 Å². The van der Waals surface area contributed by atoms with Crippen molar-refractivity contribution in [1.29, 1.82) is 0 Å². The van der Waals surface area contributed by atoms with Crippen molar-refractivity contribution in [2.75, 3.05) is 19.8 Å². The van der Waals surface area contributed by atoms with Crippen molar-refractivity contribution in [3.8, 4) is 11.5 Å². The SMILES string of the molecule is CC(NCCCC1CC1)c1ccc2c(c1)OCCO2. The van der Waals surface area contributed by atoms with E-state index < -0.39 is 0 Å². The molecule has 0 saturated heterocycles. The van der Waals surface area contributed by atoms with E-state index in [1.807, 2.05) is 6.07 Å². The van der Waals surface area contributed by atoms with Gasteiger partial charge in [0, 0.05) is 6.04 Å². The highest BCUT2D eigenvalue weighted by molar-refractivity contribution is 5.44. The molecule has 1 saturated carbocycles. The first-order valence-electron chi connectivity index (χ1n) is 7.46. The molecule has 3 rings (SSSR count). The van der Waals surface area contributed by atoms with Gasteiger partial charge in [-0.2, -0.15) is 0 Å². The van der Waals surface area contributed by atoms with E-state index in [0.717, 1.165) is 24.0 Å². The lowest BCUT2D eigenvalue weighted by Gasteiger charge is -2.21. The Morgan fingerprint density at radius 3 is 2.79 bits per heavy atom. The van der Waals surface area contributed by atoms with E-state index in [1.54, 1.807) is 0 Å². The average molecular weight is 261 g/mol. The second-order valence-corrected chi connectivity index (χ2v) is 5.66. The molecule has 1 unspecified atom stereocenters. The van der Waals surface area contributed by atoms with Crippen molar-refractivity contribution in [2.45, 2.75) is 38.6 Å². The highest BCUT2D eigenvalue weighted by Gasteiger charge is 2.20. The zero-order chi connectivity index (χ0) is 13.1. The van der Waals surface area contributed by atoms with Crippen molar-refractivity contribution in [2.24, 2.45) is 5.92 Å². The Kier molecular flexibility index (Phi) is 3.92. The summed E-state index contributed by atoms with van der Waals surface area (Å²) in [4.78, 5) is 0. The third-order valence-electron chi connectivity index (χ3n) is 4.00. The van der Waals surface area contributed by atoms with Crippen molar-refractivity contribution < 1.29 is 9.47 Å². The maximum Gasteiger partial charge on any atom is 0.161 e. The molecular weight excluding hydrogens is 238 g/mol. The van der Waals surface area contributed by atoms with Crippen LogP contribution < -0.4 is 14.8 Å². The molecule has 1 fully saturated rings. The quantitative estimate of drug-likeness (QED) is 0.797. The lowest BCUT2D eigenvalue weighted by atomic mass is 10.1. The van der Waals surface area contributed by atoms with E-state index in [4.69, 9.17) is 9.47 Å². The van der Waals surface area contributed by atoms with Gasteiger partial charge in [-0.15, -0.1) is 0 Å². The zero-order valence-electron chi connectivity index (χ0n) is 11.7. The predicted molar refractivity (Wildman–Crippen MR) is 75.8 cm³/mol. The molecule has 0 aromatic heterocycles. The summed E-state index contributed by atoms with van der Waals surface area (Å²) in [7, 11) is 0. The van der Waals surface area contributed by atoms with Gasteiger partial charge in [-0.3, -0.25) is 0 Å². The summed E-state index contributed by atoms with van der Waals surface area (Å²) in [5.41, 5.74) is 1.27. The van der Waals surface area contributed by atoms with E-state index in [0.29, 0.717) is 19.3 Å². The summed E-state index contributed by atoms with van der Waals surface area (Å²) in [5, 5.41) is 3.59. The van der Waals surface area contributed by atoms with Crippen LogP contribution in [-0.4, -0.2) is 19.8 Å². The van der Waals surface area contributed by atoms with Gasteiger partial charge in [-0.05, 0) is 49.9 Å². The average Bonchev–Trinajstić information content (AvgIpc) is 3.27. The second-order valence-electron chi connectivity index (χ2n) is 5.66. The molecule has 0 radical (unpaired) electrons. The lowest BCUT2D eigenvalue weighted by molar-refractivity contribution is 0.171. The maximum atomic E-state index is 5.63.